The fraction of sp³-hybridized carbons (Fsp3) is 0.125. The summed E-state index contributed by atoms with van der Waals surface area (Å²) in [7, 11) is 0. The molecule has 2 aromatic heterocycles. The van der Waals surface area contributed by atoms with Gasteiger partial charge >= 0.3 is 0 Å². The standard InChI is InChI=1S/C24H20ClN5O3/c1-14(31)15-4-6-16(7-5-15)21(17-8-10-18(25)11-9-17)28-23(32)19-13-26-22(29-24(19)33)20-3-2-12-27-30-20/h2-14,21,31H,1H3,(H,28,32)(H,26,29,33). The van der Waals surface area contributed by atoms with Crippen molar-refractivity contribution in [3.63, 3.8) is 0 Å². The SMILES string of the molecule is CC(O)c1ccc(C(NC(=O)c2cnc(-c3cccnn3)nc2O)c2ccc(Cl)cc2)cc1. The number of nitrogens with zero attached hydrogens (tertiary/aromatic N) is 4. The summed E-state index contributed by atoms with van der Waals surface area (Å²) in [5.41, 5.74) is 2.62. The summed E-state index contributed by atoms with van der Waals surface area (Å²) >= 11 is 6.03. The molecule has 0 aliphatic carbocycles. The highest BCUT2D eigenvalue weighted by Crippen LogP contribution is 2.27. The van der Waals surface area contributed by atoms with Gasteiger partial charge in [0.15, 0.2) is 5.82 Å². The third-order valence-corrected chi connectivity index (χ3v) is 5.30. The maximum Gasteiger partial charge on any atom is 0.259 e. The van der Waals surface area contributed by atoms with Gasteiger partial charge in [-0.2, -0.15) is 10.1 Å². The van der Waals surface area contributed by atoms with Crippen molar-refractivity contribution >= 4 is 17.5 Å². The highest BCUT2D eigenvalue weighted by Gasteiger charge is 2.22. The number of amides is 1. The number of aliphatic hydroxyl groups excluding tert-OH is 1. The molecule has 0 bridgehead atoms. The quantitative estimate of drug-likeness (QED) is 0.398. The lowest BCUT2D eigenvalue weighted by Gasteiger charge is -2.21. The van der Waals surface area contributed by atoms with Crippen LogP contribution in [0.4, 0.5) is 0 Å². The maximum atomic E-state index is 13.1. The fourth-order valence-electron chi connectivity index (χ4n) is 3.27. The minimum Gasteiger partial charge on any atom is -0.493 e. The van der Waals surface area contributed by atoms with E-state index in [0.717, 1.165) is 16.7 Å². The number of hydrogen-bond donors (Lipinski definition) is 3. The van der Waals surface area contributed by atoms with E-state index in [1.165, 1.54) is 12.4 Å². The van der Waals surface area contributed by atoms with Crippen molar-refractivity contribution in [3.05, 3.63) is 100 Å². The Labute approximate surface area is 195 Å². The van der Waals surface area contributed by atoms with E-state index in [1.54, 1.807) is 43.3 Å². The van der Waals surface area contributed by atoms with Crippen LogP contribution < -0.4 is 5.32 Å². The van der Waals surface area contributed by atoms with Crippen LogP contribution in [0.15, 0.2) is 73.1 Å². The number of hydrogen-bond acceptors (Lipinski definition) is 7. The summed E-state index contributed by atoms with van der Waals surface area (Å²) in [6.07, 6.45) is 2.15. The smallest absolute Gasteiger partial charge is 0.259 e. The van der Waals surface area contributed by atoms with Crippen molar-refractivity contribution in [1.29, 1.82) is 0 Å². The van der Waals surface area contributed by atoms with Crippen LogP contribution in [-0.4, -0.2) is 36.3 Å². The number of rotatable bonds is 6. The van der Waals surface area contributed by atoms with Gasteiger partial charge in [0.05, 0.1) is 12.1 Å². The third-order valence-electron chi connectivity index (χ3n) is 5.05. The molecule has 2 atom stereocenters. The van der Waals surface area contributed by atoms with Gasteiger partial charge in [0.25, 0.3) is 5.91 Å². The predicted molar refractivity (Wildman–Crippen MR) is 123 cm³/mol. The van der Waals surface area contributed by atoms with Gasteiger partial charge in [-0.05, 0) is 47.9 Å². The maximum absolute atomic E-state index is 13.1. The molecule has 33 heavy (non-hydrogen) atoms. The van der Waals surface area contributed by atoms with E-state index < -0.39 is 23.9 Å². The fourth-order valence-corrected chi connectivity index (χ4v) is 3.39. The molecule has 4 rings (SSSR count). The highest BCUT2D eigenvalue weighted by molar-refractivity contribution is 6.30. The van der Waals surface area contributed by atoms with Gasteiger partial charge in [-0.3, -0.25) is 4.79 Å². The lowest BCUT2D eigenvalue weighted by atomic mass is 9.96. The number of nitrogens with one attached hydrogen (secondary N) is 1. The molecule has 0 spiro atoms. The molecular formula is C24H20ClN5O3. The van der Waals surface area contributed by atoms with E-state index in [9.17, 15) is 15.0 Å². The van der Waals surface area contributed by atoms with Gasteiger partial charge < -0.3 is 15.5 Å². The Balaban J connectivity index is 1.64. The Kier molecular flexibility index (Phi) is 6.58. The van der Waals surface area contributed by atoms with E-state index in [0.29, 0.717) is 10.7 Å². The zero-order valence-corrected chi connectivity index (χ0v) is 18.3. The van der Waals surface area contributed by atoms with Crippen LogP contribution in [0.5, 0.6) is 5.88 Å². The van der Waals surface area contributed by atoms with Crippen molar-refractivity contribution < 1.29 is 15.0 Å². The van der Waals surface area contributed by atoms with Gasteiger partial charge in [-0.25, -0.2) is 4.98 Å². The van der Waals surface area contributed by atoms with Crippen molar-refractivity contribution in [2.45, 2.75) is 19.1 Å². The topological polar surface area (TPSA) is 121 Å². The van der Waals surface area contributed by atoms with Gasteiger partial charge in [-0.1, -0.05) is 48.0 Å². The number of aliphatic hydroxyl groups is 1. The van der Waals surface area contributed by atoms with Crippen molar-refractivity contribution in [2.24, 2.45) is 0 Å². The van der Waals surface area contributed by atoms with Crippen molar-refractivity contribution in [3.8, 4) is 17.4 Å². The molecule has 8 nitrogen and oxygen atoms in total. The predicted octanol–water partition coefficient (Wildman–Crippen LogP) is 3.87. The van der Waals surface area contributed by atoms with Gasteiger partial charge in [-0.15, -0.1) is 5.10 Å². The molecule has 0 saturated heterocycles. The van der Waals surface area contributed by atoms with Crippen LogP contribution in [0.3, 0.4) is 0 Å². The molecule has 4 aromatic rings. The van der Waals surface area contributed by atoms with Crippen LogP contribution in [-0.2, 0) is 0 Å². The zero-order valence-electron chi connectivity index (χ0n) is 17.6. The molecule has 1 amide bonds. The second kappa shape index (κ2) is 9.72. The van der Waals surface area contributed by atoms with Gasteiger partial charge in [0.2, 0.25) is 5.88 Å². The van der Waals surface area contributed by atoms with Crippen LogP contribution in [0.1, 0.15) is 46.1 Å². The van der Waals surface area contributed by atoms with E-state index >= 15 is 0 Å². The Morgan fingerprint density at radius 2 is 1.64 bits per heavy atom. The molecule has 0 radical (unpaired) electrons. The Hall–Kier alpha value is -3.88. The first-order valence-electron chi connectivity index (χ1n) is 10.1. The third kappa shape index (κ3) is 5.14. The van der Waals surface area contributed by atoms with E-state index in [2.05, 4.69) is 25.5 Å². The number of aromatic hydroxyl groups is 1. The average Bonchev–Trinajstić information content (AvgIpc) is 2.83. The molecule has 2 heterocycles. The summed E-state index contributed by atoms with van der Waals surface area (Å²) in [6, 6.07) is 17.1. The van der Waals surface area contributed by atoms with E-state index in [1.807, 2.05) is 24.3 Å². The molecule has 0 aliphatic heterocycles. The molecule has 0 aliphatic rings. The summed E-state index contributed by atoms with van der Waals surface area (Å²) in [5.74, 6) is -0.875. The minimum absolute atomic E-state index is 0.0813. The summed E-state index contributed by atoms with van der Waals surface area (Å²) < 4.78 is 0. The van der Waals surface area contributed by atoms with E-state index in [4.69, 9.17) is 11.6 Å². The number of aromatic nitrogens is 4. The van der Waals surface area contributed by atoms with Crippen molar-refractivity contribution in [2.75, 3.05) is 0 Å². The zero-order chi connectivity index (χ0) is 23.4. The largest absolute Gasteiger partial charge is 0.493 e. The molecule has 3 N–H and O–H groups in total. The number of benzene rings is 2. The van der Waals surface area contributed by atoms with Crippen LogP contribution >= 0.6 is 11.6 Å². The minimum atomic E-state index is -0.607. The van der Waals surface area contributed by atoms with Crippen molar-refractivity contribution in [1.82, 2.24) is 25.5 Å². The van der Waals surface area contributed by atoms with Crippen LogP contribution in [0.25, 0.3) is 11.5 Å². The Bertz CT molecular complexity index is 1250. The first-order chi connectivity index (χ1) is 15.9. The molecule has 0 fully saturated rings. The molecule has 166 valence electrons. The summed E-state index contributed by atoms with van der Waals surface area (Å²) in [4.78, 5) is 21.2. The number of carbonyl (C=O) groups excluding carboxylic acids is 1. The normalized spacial score (nSPS) is 12.7. The Morgan fingerprint density at radius 1 is 1.00 bits per heavy atom. The van der Waals surface area contributed by atoms with E-state index in [-0.39, 0.29) is 11.4 Å². The summed E-state index contributed by atoms with van der Waals surface area (Å²) in [5, 5.41) is 31.4. The van der Waals surface area contributed by atoms with Crippen LogP contribution in [0, 0.1) is 0 Å². The number of halogens is 1. The average molecular weight is 462 g/mol. The molecule has 9 heteroatoms. The second-order valence-electron chi connectivity index (χ2n) is 7.34. The molecular weight excluding hydrogens is 442 g/mol. The second-order valence-corrected chi connectivity index (χ2v) is 7.78. The lowest BCUT2D eigenvalue weighted by Crippen LogP contribution is -2.29. The van der Waals surface area contributed by atoms with Gasteiger partial charge in [0.1, 0.15) is 11.3 Å². The highest BCUT2D eigenvalue weighted by atomic mass is 35.5. The summed E-state index contributed by atoms with van der Waals surface area (Å²) in [6.45, 7) is 1.68. The molecule has 2 unspecified atom stereocenters. The first kappa shape index (κ1) is 22.3. The monoisotopic (exact) mass is 461 g/mol. The molecule has 0 saturated carbocycles. The Morgan fingerprint density at radius 3 is 2.21 bits per heavy atom. The molecule has 2 aromatic carbocycles. The van der Waals surface area contributed by atoms with Crippen LogP contribution in [0.2, 0.25) is 5.02 Å². The lowest BCUT2D eigenvalue weighted by molar-refractivity contribution is 0.0939. The first-order valence-corrected chi connectivity index (χ1v) is 10.5. The number of carbonyl (C=O) groups is 1. The van der Waals surface area contributed by atoms with Gasteiger partial charge in [0, 0.05) is 17.4 Å².